The highest BCUT2D eigenvalue weighted by atomic mass is 19.1. The molecule has 0 spiro atoms. The molecule has 3 nitrogen and oxygen atoms in total. The van der Waals surface area contributed by atoms with Crippen molar-refractivity contribution in [1.29, 1.82) is 0 Å². The molecule has 0 amide bonds. The van der Waals surface area contributed by atoms with E-state index in [1.165, 1.54) is 23.3 Å². The largest absolute Gasteiger partial charge is 0.394 e. The SMILES string of the molecule is Cc1ccc2c(c1)CCN2[C@@H](c1cccc(F)c1)[C@H](O)CO. The second kappa shape index (κ2) is 6.07. The highest BCUT2D eigenvalue weighted by Gasteiger charge is 2.32. The van der Waals surface area contributed by atoms with Gasteiger partial charge in [-0.05, 0) is 42.7 Å². The Morgan fingerprint density at radius 1 is 1.23 bits per heavy atom. The van der Waals surface area contributed by atoms with Crippen molar-refractivity contribution < 1.29 is 14.6 Å². The first-order valence-corrected chi connectivity index (χ1v) is 7.50. The zero-order valence-electron chi connectivity index (χ0n) is 12.5. The first kappa shape index (κ1) is 15.0. The van der Waals surface area contributed by atoms with E-state index >= 15 is 0 Å². The zero-order valence-corrected chi connectivity index (χ0v) is 12.5. The minimum Gasteiger partial charge on any atom is -0.394 e. The van der Waals surface area contributed by atoms with Crippen molar-refractivity contribution in [3.63, 3.8) is 0 Å². The number of benzene rings is 2. The van der Waals surface area contributed by atoms with Gasteiger partial charge in [-0.1, -0.05) is 29.8 Å². The maximum atomic E-state index is 13.6. The Labute approximate surface area is 129 Å². The standard InChI is InChI=1S/C18H20FNO2/c1-12-5-6-16-13(9-12)7-8-20(16)18(17(22)11-21)14-3-2-4-15(19)10-14/h2-6,9-10,17-18,21-22H,7-8,11H2,1H3/t17-,18+/m1/s1. The monoisotopic (exact) mass is 301 g/mol. The number of aliphatic hydroxyl groups is 2. The summed E-state index contributed by atoms with van der Waals surface area (Å²) in [6.07, 6.45) is -0.0740. The van der Waals surface area contributed by atoms with Crippen molar-refractivity contribution in [2.45, 2.75) is 25.5 Å². The maximum absolute atomic E-state index is 13.6. The minimum atomic E-state index is -0.964. The highest BCUT2D eigenvalue weighted by molar-refractivity contribution is 5.60. The van der Waals surface area contributed by atoms with Crippen molar-refractivity contribution >= 4 is 5.69 Å². The van der Waals surface area contributed by atoms with Crippen LogP contribution in [0.4, 0.5) is 10.1 Å². The van der Waals surface area contributed by atoms with Crippen molar-refractivity contribution in [2.24, 2.45) is 0 Å². The Kier molecular flexibility index (Phi) is 4.14. The van der Waals surface area contributed by atoms with Crippen molar-refractivity contribution in [3.8, 4) is 0 Å². The molecule has 3 rings (SSSR count). The summed E-state index contributed by atoms with van der Waals surface area (Å²) in [5, 5.41) is 19.7. The summed E-state index contributed by atoms with van der Waals surface area (Å²) in [6.45, 7) is 2.44. The molecule has 22 heavy (non-hydrogen) atoms. The molecule has 2 aromatic rings. The molecule has 0 unspecified atom stereocenters. The number of aliphatic hydroxyl groups excluding tert-OH is 2. The van der Waals surface area contributed by atoms with Crippen molar-refractivity contribution in [1.82, 2.24) is 0 Å². The van der Waals surface area contributed by atoms with Crippen LogP contribution in [-0.2, 0) is 6.42 Å². The number of fused-ring (bicyclic) bond motifs is 1. The topological polar surface area (TPSA) is 43.7 Å². The molecule has 0 aliphatic carbocycles. The highest BCUT2D eigenvalue weighted by Crippen LogP contribution is 2.37. The zero-order chi connectivity index (χ0) is 15.7. The second-order valence-corrected chi connectivity index (χ2v) is 5.83. The summed E-state index contributed by atoms with van der Waals surface area (Å²) < 4.78 is 13.6. The van der Waals surface area contributed by atoms with Crippen LogP contribution in [0, 0.1) is 12.7 Å². The molecule has 0 saturated carbocycles. The quantitative estimate of drug-likeness (QED) is 0.912. The van der Waals surface area contributed by atoms with Gasteiger partial charge < -0.3 is 15.1 Å². The average molecular weight is 301 g/mol. The van der Waals surface area contributed by atoms with E-state index in [1.807, 2.05) is 12.1 Å². The normalized spacial score (nSPS) is 16.5. The molecule has 2 N–H and O–H groups in total. The number of halogens is 1. The summed E-state index contributed by atoms with van der Waals surface area (Å²) in [5.74, 6) is -0.337. The van der Waals surface area contributed by atoms with Gasteiger partial charge in [0.15, 0.2) is 0 Å². The second-order valence-electron chi connectivity index (χ2n) is 5.83. The number of hydrogen-bond acceptors (Lipinski definition) is 3. The van der Waals surface area contributed by atoms with E-state index in [9.17, 15) is 14.6 Å². The van der Waals surface area contributed by atoms with E-state index in [4.69, 9.17) is 0 Å². The number of aryl methyl sites for hydroxylation is 1. The fourth-order valence-electron chi connectivity index (χ4n) is 3.25. The van der Waals surface area contributed by atoms with E-state index in [-0.39, 0.29) is 12.4 Å². The Bertz CT molecular complexity index is 674. The minimum absolute atomic E-state index is 0.337. The molecular weight excluding hydrogens is 281 g/mol. The summed E-state index contributed by atoms with van der Waals surface area (Å²) in [6, 6.07) is 12.0. The van der Waals surface area contributed by atoms with Gasteiger partial charge in [-0.3, -0.25) is 0 Å². The lowest BCUT2D eigenvalue weighted by molar-refractivity contribution is 0.0716. The van der Waals surface area contributed by atoms with Gasteiger partial charge in [-0.2, -0.15) is 0 Å². The molecule has 0 bridgehead atoms. The van der Waals surface area contributed by atoms with E-state index in [0.717, 1.165) is 18.7 Å². The first-order chi connectivity index (χ1) is 10.6. The third-order valence-corrected chi connectivity index (χ3v) is 4.24. The van der Waals surface area contributed by atoms with E-state index in [0.29, 0.717) is 5.56 Å². The third-order valence-electron chi connectivity index (χ3n) is 4.24. The summed E-state index contributed by atoms with van der Waals surface area (Å²) in [5.41, 5.74) is 4.15. The Morgan fingerprint density at radius 2 is 2.05 bits per heavy atom. The van der Waals surface area contributed by atoms with Crippen LogP contribution >= 0.6 is 0 Å². The summed E-state index contributed by atoms with van der Waals surface area (Å²) in [7, 11) is 0. The predicted molar refractivity (Wildman–Crippen MR) is 84.5 cm³/mol. The van der Waals surface area contributed by atoms with Crippen LogP contribution in [0.25, 0.3) is 0 Å². The van der Waals surface area contributed by atoms with Crippen LogP contribution in [0.5, 0.6) is 0 Å². The third kappa shape index (κ3) is 2.72. The van der Waals surface area contributed by atoms with Crippen LogP contribution in [-0.4, -0.2) is 29.5 Å². The van der Waals surface area contributed by atoms with Gasteiger partial charge in [-0.25, -0.2) is 4.39 Å². The van der Waals surface area contributed by atoms with E-state index < -0.39 is 12.1 Å². The number of nitrogens with zero attached hydrogens (tertiary/aromatic N) is 1. The number of hydrogen-bond donors (Lipinski definition) is 2. The Balaban J connectivity index is 2.02. The van der Waals surface area contributed by atoms with E-state index in [2.05, 4.69) is 17.9 Å². The van der Waals surface area contributed by atoms with Gasteiger partial charge in [-0.15, -0.1) is 0 Å². The van der Waals surface area contributed by atoms with Crippen LogP contribution in [0.3, 0.4) is 0 Å². The number of rotatable bonds is 4. The molecule has 0 saturated heterocycles. The number of anilines is 1. The van der Waals surface area contributed by atoms with Gasteiger partial charge >= 0.3 is 0 Å². The molecule has 116 valence electrons. The summed E-state index contributed by atoms with van der Waals surface area (Å²) in [4.78, 5) is 2.06. The van der Waals surface area contributed by atoms with Crippen molar-refractivity contribution in [2.75, 3.05) is 18.1 Å². The van der Waals surface area contributed by atoms with Gasteiger partial charge in [0.05, 0.1) is 12.6 Å². The molecule has 4 heteroatoms. The summed E-state index contributed by atoms with van der Waals surface area (Å²) >= 11 is 0. The lowest BCUT2D eigenvalue weighted by Crippen LogP contribution is -2.37. The van der Waals surface area contributed by atoms with Gasteiger partial charge in [0.25, 0.3) is 0 Å². The molecule has 1 aliphatic rings. The molecule has 2 aromatic carbocycles. The maximum Gasteiger partial charge on any atom is 0.123 e. The first-order valence-electron chi connectivity index (χ1n) is 7.50. The molecular formula is C18H20FNO2. The van der Waals surface area contributed by atoms with Crippen LogP contribution in [0.1, 0.15) is 22.7 Å². The van der Waals surface area contributed by atoms with Gasteiger partial charge in [0, 0.05) is 12.2 Å². The lowest BCUT2D eigenvalue weighted by atomic mass is 9.99. The van der Waals surface area contributed by atoms with Crippen LogP contribution in [0.2, 0.25) is 0 Å². The average Bonchev–Trinajstić information content (AvgIpc) is 2.90. The Morgan fingerprint density at radius 3 is 2.77 bits per heavy atom. The molecule has 0 radical (unpaired) electrons. The molecule has 0 fully saturated rings. The lowest BCUT2D eigenvalue weighted by Gasteiger charge is -2.33. The van der Waals surface area contributed by atoms with E-state index in [1.54, 1.807) is 12.1 Å². The molecule has 1 aliphatic heterocycles. The van der Waals surface area contributed by atoms with Crippen LogP contribution in [0.15, 0.2) is 42.5 Å². The smallest absolute Gasteiger partial charge is 0.123 e. The van der Waals surface area contributed by atoms with Crippen molar-refractivity contribution in [3.05, 3.63) is 65.0 Å². The molecule has 0 aromatic heterocycles. The van der Waals surface area contributed by atoms with Gasteiger partial charge in [0.2, 0.25) is 0 Å². The molecule has 1 heterocycles. The fourth-order valence-corrected chi connectivity index (χ4v) is 3.25. The molecule has 2 atom stereocenters. The van der Waals surface area contributed by atoms with Gasteiger partial charge in [0.1, 0.15) is 11.9 Å². The Hall–Kier alpha value is -1.91. The predicted octanol–water partition coefficient (Wildman–Crippen LogP) is 2.59. The fraction of sp³-hybridized carbons (Fsp3) is 0.333. The van der Waals surface area contributed by atoms with Crippen LogP contribution < -0.4 is 4.90 Å².